The molecule has 0 unspecified atom stereocenters. The summed E-state index contributed by atoms with van der Waals surface area (Å²) in [7, 11) is -5.13. The fraction of sp³-hybridized carbons (Fsp3) is 0.667. The molecule has 0 aromatic carbocycles. The van der Waals surface area contributed by atoms with Gasteiger partial charge in [0.05, 0.1) is 11.4 Å². The van der Waals surface area contributed by atoms with Crippen LogP contribution in [0.1, 0.15) is 6.92 Å². The van der Waals surface area contributed by atoms with Gasteiger partial charge in [-0.05, 0) is 0 Å². The van der Waals surface area contributed by atoms with Gasteiger partial charge in [-0.3, -0.25) is 4.68 Å². The summed E-state index contributed by atoms with van der Waals surface area (Å²) in [6.07, 6.45) is 2.66. The molecule has 2 heterocycles. The van der Waals surface area contributed by atoms with Gasteiger partial charge < -0.3 is 0 Å². The van der Waals surface area contributed by atoms with Crippen LogP contribution in [0.4, 0.5) is 0 Å². The summed E-state index contributed by atoms with van der Waals surface area (Å²) in [4.78, 5) is 0.0948. The zero-order chi connectivity index (χ0) is 13.6. The third-order valence-electron chi connectivity index (χ3n) is 3.04. The van der Waals surface area contributed by atoms with Gasteiger partial charge in [-0.1, -0.05) is 6.92 Å². The SMILES string of the molecule is CCS(=O)(=O)C1CN(S(=O)(=O)c2cnn(C)c2)C1. The van der Waals surface area contributed by atoms with Crippen LogP contribution in [-0.2, 0) is 26.9 Å². The molecule has 0 amide bonds. The number of sulfonamides is 1. The van der Waals surface area contributed by atoms with E-state index in [-0.39, 0.29) is 23.7 Å². The maximum absolute atomic E-state index is 12.1. The quantitative estimate of drug-likeness (QED) is 0.727. The summed E-state index contributed by atoms with van der Waals surface area (Å²) in [6, 6.07) is 0. The fourth-order valence-corrected chi connectivity index (χ4v) is 4.73. The van der Waals surface area contributed by atoms with E-state index in [2.05, 4.69) is 5.10 Å². The summed E-state index contributed by atoms with van der Waals surface area (Å²) in [5.41, 5.74) is 0. The highest BCUT2D eigenvalue weighted by Gasteiger charge is 2.43. The molecule has 0 atom stereocenters. The molecule has 0 radical (unpaired) electrons. The molecule has 9 heteroatoms. The van der Waals surface area contributed by atoms with Crippen molar-refractivity contribution in [3.05, 3.63) is 12.4 Å². The molecule has 0 saturated carbocycles. The van der Waals surface area contributed by atoms with Gasteiger partial charge in [0.1, 0.15) is 4.90 Å². The predicted molar refractivity (Wildman–Crippen MR) is 65.2 cm³/mol. The summed E-state index contributed by atoms with van der Waals surface area (Å²) in [5, 5.41) is 3.23. The van der Waals surface area contributed by atoms with E-state index in [9.17, 15) is 16.8 Å². The zero-order valence-corrected chi connectivity index (χ0v) is 11.8. The van der Waals surface area contributed by atoms with Crippen LogP contribution in [0.2, 0.25) is 0 Å². The average Bonchev–Trinajstić information content (AvgIpc) is 2.62. The molecule has 7 nitrogen and oxygen atoms in total. The van der Waals surface area contributed by atoms with Crippen molar-refractivity contribution >= 4 is 19.9 Å². The van der Waals surface area contributed by atoms with Crippen molar-refractivity contribution in [1.29, 1.82) is 0 Å². The Balaban J connectivity index is 2.13. The topological polar surface area (TPSA) is 89.3 Å². The highest BCUT2D eigenvalue weighted by atomic mass is 32.2. The smallest absolute Gasteiger partial charge is 0.246 e. The average molecular weight is 293 g/mol. The number of rotatable bonds is 4. The van der Waals surface area contributed by atoms with Gasteiger partial charge >= 0.3 is 0 Å². The maximum Gasteiger partial charge on any atom is 0.246 e. The van der Waals surface area contributed by atoms with E-state index in [0.717, 1.165) is 0 Å². The van der Waals surface area contributed by atoms with Crippen LogP contribution in [0.3, 0.4) is 0 Å². The lowest BCUT2D eigenvalue weighted by atomic mass is 10.3. The Kier molecular flexibility index (Phi) is 3.24. The lowest BCUT2D eigenvalue weighted by molar-refractivity contribution is 0.310. The largest absolute Gasteiger partial charge is 0.274 e. The normalized spacial score (nSPS) is 18.8. The third-order valence-corrected chi connectivity index (χ3v) is 6.95. The maximum atomic E-state index is 12.1. The molecule has 18 heavy (non-hydrogen) atoms. The van der Waals surface area contributed by atoms with E-state index in [0.29, 0.717) is 0 Å². The minimum absolute atomic E-state index is 0.0351. The Hall–Kier alpha value is -0.930. The van der Waals surface area contributed by atoms with Crippen LogP contribution in [0.5, 0.6) is 0 Å². The number of hydrogen-bond donors (Lipinski definition) is 0. The van der Waals surface area contributed by atoms with Crippen LogP contribution in [0, 0.1) is 0 Å². The van der Waals surface area contributed by atoms with Crippen LogP contribution in [-0.4, -0.2) is 55.0 Å². The molecule has 2 rings (SSSR count). The Morgan fingerprint density at radius 2 is 1.94 bits per heavy atom. The summed E-state index contributed by atoms with van der Waals surface area (Å²) >= 11 is 0. The molecule has 1 saturated heterocycles. The summed E-state index contributed by atoms with van der Waals surface area (Å²) < 4.78 is 49.8. The minimum atomic E-state index is -3.60. The molecule has 1 aliphatic heterocycles. The first-order valence-electron chi connectivity index (χ1n) is 5.47. The van der Waals surface area contributed by atoms with E-state index >= 15 is 0 Å². The summed E-state index contributed by atoms with van der Waals surface area (Å²) in [5.74, 6) is 0.0401. The zero-order valence-electron chi connectivity index (χ0n) is 10.1. The highest BCUT2D eigenvalue weighted by Crippen LogP contribution is 2.24. The first-order valence-corrected chi connectivity index (χ1v) is 8.63. The van der Waals surface area contributed by atoms with Gasteiger partial charge in [-0.2, -0.15) is 9.40 Å². The van der Waals surface area contributed by atoms with Crippen LogP contribution >= 0.6 is 0 Å². The molecule has 102 valence electrons. The molecule has 1 aromatic heterocycles. The molecule has 0 spiro atoms. The van der Waals surface area contributed by atoms with Crippen molar-refractivity contribution in [3.8, 4) is 0 Å². The van der Waals surface area contributed by atoms with Crippen molar-refractivity contribution in [1.82, 2.24) is 14.1 Å². The second-order valence-electron chi connectivity index (χ2n) is 4.25. The molecule has 0 aliphatic carbocycles. The molecular weight excluding hydrogens is 278 g/mol. The molecule has 1 fully saturated rings. The Morgan fingerprint density at radius 3 is 2.39 bits per heavy atom. The van der Waals surface area contributed by atoms with Gasteiger partial charge in [0.15, 0.2) is 9.84 Å². The lowest BCUT2D eigenvalue weighted by Gasteiger charge is -2.36. The van der Waals surface area contributed by atoms with Gasteiger partial charge in [-0.15, -0.1) is 0 Å². The highest BCUT2D eigenvalue weighted by molar-refractivity contribution is 7.92. The number of aromatic nitrogens is 2. The number of aryl methyl sites for hydroxylation is 1. The molecular formula is C9H15N3O4S2. The Morgan fingerprint density at radius 1 is 1.33 bits per heavy atom. The van der Waals surface area contributed by atoms with Gasteiger partial charge in [-0.25, -0.2) is 16.8 Å². The van der Waals surface area contributed by atoms with Gasteiger partial charge in [0, 0.05) is 32.1 Å². The van der Waals surface area contributed by atoms with Crippen molar-refractivity contribution < 1.29 is 16.8 Å². The standard InChI is InChI=1S/C9H15N3O4S2/c1-3-17(13,14)9-6-12(7-9)18(15,16)8-4-10-11(2)5-8/h4-5,9H,3,6-7H2,1-2H3. The second-order valence-corrected chi connectivity index (χ2v) is 8.75. The first kappa shape index (κ1) is 13.5. The second kappa shape index (κ2) is 4.32. The Bertz CT molecular complexity index is 641. The van der Waals surface area contributed by atoms with Gasteiger partial charge in [0.25, 0.3) is 0 Å². The van der Waals surface area contributed by atoms with E-state index in [1.807, 2.05) is 0 Å². The monoisotopic (exact) mass is 293 g/mol. The van der Waals surface area contributed by atoms with E-state index < -0.39 is 25.1 Å². The van der Waals surface area contributed by atoms with Crippen LogP contribution in [0.25, 0.3) is 0 Å². The number of nitrogens with zero attached hydrogens (tertiary/aromatic N) is 3. The fourth-order valence-electron chi connectivity index (χ4n) is 1.74. The minimum Gasteiger partial charge on any atom is -0.274 e. The van der Waals surface area contributed by atoms with E-state index in [1.165, 1.54) is 21.4 Å². The van der Waals surface area contributed by atoms with E-state index in [1.54, 1.807) is 14.0 Å². The molecule has 1 aliphatic rings. The summed E-state index contributed by atoms with van der Waals surface area (Å²) in [6.45, 7) is 1.63. The molecule has 0 bridgehead atoms. The van der Waals surface area contributed by atoms with E-state index in [4.69, 9.17) is 0 Å². The van der Waals surface area contributed by atoms with Crippen molar-refractivity contribution in [2.45, 2.75) is 17.1 Å². The molecule has 0 N–H and O–H groups in total. The first-order chi connectivity index (χ1) is 8.27. The third kappa shape index (κ3) is 2.17. The van der Waals surface area contributed by atoms with Gasteiger partial charge in [0.2, 0.25) is 10.0 Å². The number of hydrogen-bond acceptors (Lipinski definition) is 5. The van der Waals surface area contributed by atoms with Crippen LogP contribution < -0.4 is 0 Å². The Labute approximate surface area is 106 Å². The predicted octanol–water partition coefficient (Wildman–Crippen LogP) is -0.772. The lowest BCUT2D eigenvalue weighted by Crippen LogP contribution is -2.56. The van der Waals surface area contributed by atoms with Crippen molar-refractivity contribution in [2.75, 3.05) is 18.8 Å². The number of sulfone groups is 1. The molecule has 1 aromatic rings. The van der Waals surface area contributed by atoms with Crippen molar-refractivity contribution in [2.24, 2.45) is 7.05 Å². The van der Waals surface area contributed by atoms with Crippen LogP contribution in [0.15, 0.2) is 17.3 Å². The van der Waals surface area contributed by atoms with Crippen molar-refractivity contribution in [3.63, 3.8) is 0 Å².